The minimum absolute atomic E-state index is 0.310. The van der Waals surface area contributed by atoms with Crippen molar-refractivity contribution in [1.29, 1.82) is 0 Å². The number of fused-ring (bicyclic) bond motifs is 1. The topological polar surface area (TPSA) is 52.8 Å². The van der Waals surface area contributed by atoms with Crippen molar-refractivity contribution in [3.63, 3.8) is 0 Å². The van der Waals surface area contributed by atoms with Crippen LogP contribution in [0.25, 0.3) is 11.2 Å². The highest BCUT2D eigenvalue weighted by Crippen LogP contribution is 2.26. The van der Waals surface area contributed by atoms with Gasteiger partial charge >= 0.3 is 0 Å². The molecule has 0 aromatic carbocycles. The molecule has 5 nitrogen and oxygen atoms in total. The van der Waals surface area contributed by atoms with Crippen LogP contribution >= 0.6 is 11.6 Å². The fraction of sp³-hybridized carbons (Fsp3) is 0.615. The third-order valence-corrected chi connectivity index (χ3v) is 3.72. The van der Waals surface area contributed by atoms with Gasteiger partial charge < -0.3 is 4.74 Å². The molecule has 0 aliphatic carbocycles. The molecule has 0 spiro atoms. The summed E-state index contributed by atoms with van der Waals surface area (Å²) in [6.45, 7) is 5.09. The molecule has 0 amide bonds. The summed E-state index contributed by atoms with van der Waals surface area (Å²) in [7, 11) is 0. The lowest BCUT2D eigenvalue weighted by Gasteiger charge is -2.32. The van der Waals surface area contributed by atoms with Crippen LogP contribution in [-0.4, -0.2) is 32.0 Å². The van der Waals surface area contributed by atoms with E-state index in [1.165, 1.54) is 0 Å². The van der Waals surface area contributed by atoms with Gasteiger partial charge in [-0.3, -0.25) is 0 Å². The van der Waals surface area contributed by atoms with Gasteiger partial charge in [-0.1, -0.05) is 11.6 Å². The molecule has 6 heteroatoms. The minimum atomic E-state index is 0.310. The second kappa shape index (κ2) is 5.06. The normalized spacial score (nSPS) is 27.8. The van der Waals surface area contributed by atoms with Crippen molar-refractivity contribution in [3.8, 4) is 0 Å². The summed E-state index contributed by atoms with van der Waals surface area (Å²) in [6.07, 6.45) is 6.02. The van der Waals surface area contributed by atoms with Crippen molar-refractivity contribution in [2.45, 2.75) is 45.4 Å². The van der Waals surface area contributed by atoms with Crippen LogP contribution in [0.4, 0.5) is 0 Å². The van der Waals surface area contributed by atoms with Gasteiger partial charge in [-0.05, 0) is 32.6 Å². The third-order valence-electron chi connectivity index (χ3n) is 3.54. The number of hydrogen-bond acceptors (Lipinski definition) is 4. The molecule has 1 unspecified atom stereocenters. The zero-order valence-corrected chi connectivity index (χ0v) is 11.8. The number of aromatic nitrogens is 4. The van der Waals surface area contributed by atoms with Crippen molar-refractivity contribution >= 4 is 22.8 Å². The summed E-state index contributed by atoms with van der Waals surface area (Å²) in [5, 5.41) is 4.78. The van der Waals surface area contributed by atoms with E-state index >= 15 is 0 Å². The molecule has 1 fully saturated rings. The Morgan fingerprint density at radius 1 is 1.32 bits per heavy atom. The zero-order chi connectivity index (χ0) is 13.4. The van der Waals surface area contributed by atoms with Gasteiger partial charge in [0.1, 0.15) is 10.7 Å². The maximum absolute atomic E-state index is 5.90. The molecule has 3 rings (SSSR count). The molecule has 102 valence electrons. The standard InChI is InChI=1S/C13H17ClN4O/c1-8-3-10(4-9(2)19-8)7-18-13-11(5-16-18)15-6-12(14)17-13/h5-6,8-10H,3-4,7H2,1-2H3/t8-,9+,10?. The molecule has 2 aromatic rings. The van der Waals surface area contributed by atoms with Crippen LogP contribution in [0.15, 0.2) is 12.4 Å². The second-order valence-corrected chi connectivity index (χ2v) is 5.71. The summed E-state index contributed by atoms with van der Waals surface area (Å²) >= 11 is 5.90. The van der Waals surface area contributed by atoms with Crippen LogP contribution < -0.4 is 0 Å². The van der Waals surface area contributed by atoms with Crippen LogP contribution in [0.3, 0.4) is 0 Å². The van der Waals surface area contributed by atoms with Crippen LogP contribution in [0.5, 0.6) is 0 Å². The highest BCUT2D eigenvalue weighted by atomic mass is 35.5. The largest absolute Gasteiger partial charge is 0.376 e. The van der Waals surface area contributed by atoms with Gasteiger partial charge in [0.05, 0.1) is 24.6 Å². The third kappa shape index (κ3) is 2.72. The van der Waals surface area contributed by atoms with E-state index in [1.807, 2.05) is 4.68 Å². The summed E-state index contributed by atoms with van der Waals surface area (Å²) in [5.74, 6) is 0.558. The molecule has 3 atom stereocenters. The van der Waals surface area contributed by atoms with E-state index < -0.39 is 0 Å². The Morgan fingerprint density at radius 2 is 2.05 bits per heavy atom. The molecule has 1 saturated heterocycles. The zero-order valence-electron chi connectivity index (χ0n) is 11.1. The molecule has 0 bridgehead atoms. The van der Waals surface area contributed by atoms with E-state index in [0.29, 0.717) is 23.3 Å². The molecule has 3 heterocycles. The molecule has 2 aromatic heterocycles. The van der Waals surface area contributed by atoms with Gasteiger partial charge in [0.2, 0.25) is 0 Å². The maximum atomic E-state index is 5.90. The first-order chi connectivity index (χ1) is 9.11. The van der Waals surface area contributed by atoms with Crippen LogP contribution in [0.2, 0.25) is 5.15 Å². The van der Waals surface area contributed by atoms with Crippen molar-refractivity contribution in [2.24, 2.45) is 5.92 Å². The number of nitrogens with zero attached hydrogens (tertiary/aromatic N) is 4. The Bertz CT molecular complexity index is 575. The lowest BCUT2D eigenvalue weighted by Crippen LogP contribution is -2.31. The smallest absolute Gasteiger partial charge is 0.178 e. The number of hydrogen-bond donors (Lipinski definition) is 0. The lowest BCUT2D eigenvalue weighted by atomic mass is 9.92. The minimum Gasteiger partial charge on any atom is -0.376 e. The van der Waals surface area contributed by atoms with Gasteiger partial charge in [0.25, 0.3) is 0 Å². The van der Waals surface area contributed by atoms with Crippen molar-refractivity contribution < 1.29 is 4.74 Å². The van der Waals surface area contributed by atoms with Crippen LogP contribution in [-0.2, 0) is 11.3 Å². The number of rotatable bonds is 2. The van der Waals surface area contributed by atoms with Crippen molar-refractivity contribution in [2.75, 3.05) is 0 Å². The SMILES string of the molecule is C[C@@H]1CC(Cn2ncc3ncc(Cl)nc32)C[C@H](C)O1. The van der Waals surface area contributed by atoms with E-state index in [1.54, 1.807) is 12.4 Å². The van der Waals surface area contributed by atoms with Crippen molar-refractivity contribution in [1.82, 2.24) is 19.7 Å². The average molecular weight is 281 g/mol. The molecule has 1 aliphatic rings. The van der Waals surface area contributed by atoms with E-state index in [0.717, 1.165) is 30.6 Å². The molecule has 0 radical (unpaired) electrons. The van der Waals surface area contributed by atoms with Gasteiger partial charge in [0.15, 0.2) is 5.65 Å². The van der Waals surface area contributed by atoms with Crippen LogP contribution in [0, 0.1) is 5.92 Å². The highest BCUT2D eigenvalue weighted by molar-refractivity contribution is 6.29. The van der Waals surface area contributed by atoms with Crippen LogP contribution in [0.1, 0.15) is 26.7 Å². The predicted octanol–water partition coefficient (Wildman–Crippen LogP) is 2.68. The second-order valence-electron chi connectivity index (χ2n) is 5.32. The first-order valence-electron chi connectivity index (χ1n) is 6.61. The Labute approximate surface area is 116 Å². The summed E-state index contributed by atoms with van der Waals surface area (Å²) < 4.78 is 7.67. The fourth-order valence-corrected chi connectivity index (χ4v) is 3.03. The summed E-state index contributed by atoms with van der Waals surface area (Å²) in [4.78, 5) is 8.53. The predicted molar refractivity (Wildman–Crippen MR) is 73.1 cm³/mol. The molecular formula is C13H17ClN4O. The monoisotopic (exact) mass is 280 g/mol. The molecule has 19 heavy (non-hydrogen) atoms. The summed E-state index contributed by atoms with van der Waals surface area (Å²) in [5.41, 5.74) is 1.55. The van der Waals surface area contributed by atoms with Gasteiger partial charge in [-0.2, -0.15) is 5.10 Å². The van der Waals surface area contributed by atoms with Gasteiger partial charge in [-0.25, -0.2) is 14.6 Å². The Balaban J connectivity index is 1.83. The number of halogens is 1. The Hall–Kier alpha value is -1.20. The van der Waals surface area contributed by atoms with E-state index in [4.69, 9.17) is 16.3 Å². The van der Waals surface area contributed by atoms with E-state index in [-0.39, 0.29) is 0 Å². The molecular weight excluding hydrogens is 264 g/mol. The number of ether oxygens (including phenoxy) is 1. The molecule has 1 aliphatic heterocycles. The maximum Gasteiger partial charge on any atom is 0.178 e. The van der Waals surface area contributed by atoms with E-state index in [2.05, 4.69) is 28.9 Å². The van der Waals surface area contributed by atoms with Crippen molar-refractivity contribution in [3.05, 3.63) is 17.5 Å². The quantitative estimate of drug-likeness (QED) is 0.849. The lowest BCUT2D eigenvalue weighted by molar-refractivity contribution is -0.0552. The average Bonchev–Trinajstić information content (AvgIpc) is 2.70. The van der Waals surface area contributed by atoms with Gasteiger partial charge in [-0.15, -0.1) is 0 Å². The fourth-order valence-electron chi connectivity index (χ4n) is 2.90. The Morgan fingerprint density at radius 3 is 2.79 bits per heavy atom. The van der Waals surface area contributed by atoms with E-state index in [9.17, 15) is 0 Å². The summed E-state index contributed by atoms with van der Waals surface area (Å²) in [6, 6.07) is 0. The Kier molecular flexibility index (Phi) is 3.41. The molecule has 0 N–H and O–H groups in total. The molecule has 0 saturated carbocycles. The highest BCUT2D eigenvalue weighted by Gasteiger charge is 2.25. The first kappa shape index (κ1) is 12.8. The van der Waals surface area contributed by atoms with Gasteiger partial charge in [0, 0.05) is 6.54 Å². The first-order valence-corrected chi connectivity index (χ1v) is 6.99.